The Labute approximate surface area is 200 Å². The van der Waals surface area contributed by atoms with E-state index in [0.717, 1.165) is 32.7 Å². The lowest BCUT2D eigenvalue weighted by Crippen LogP contribution is -2.37. The fourth-order valence-corrected chi connectivity index (χ4v) is 7.77. The fraction of sp³-hybridized carbons (Fsp3) is 0.103. The fourth-order valence-electron chi connectivity index (χ4n) is 4.13. The number of benzene rings is 4. The van der Waals surface area contributed by atoms with Gasteiger partial charge in [-0.25, -0.2) is 4.79 Å². The predicted molar refractivity (Wildman–Crippen MR) is 141 cm³/mol. The number of anilines is 1. The van der Waals surface area contributed by atoms with Crippen molar-refractivity contribution >= 4 is 40.5 Å². The Morgan fingerprint density at radius 3 is 1.47 bits per heavy atom. The van der Waals surface area contributed by atoms with Gasteiger partial charge in [0.15, 0.2) is 6.61 Å². The largest absolute Gasteiger partial charge is 0.467 e. The molecule has 4 rings (SSSR count). The third-order valence-corrected chi connectivity index (χ3v) is 9.67. The zero-order valence-electron chi connectivity index (χ0n) is 19.3. The van der Waals surface area contributed by atoms with E-state index in [9.17, 15) is 9.59 Å². The molecule has 0 saturated carbocycles. The molecule has 0 saturated heterocycles. The Kier molecular flexibility index (Phi) is 7.20. The Bertz CT molecular complexity index is 1160. The Morgan fingerprint density at radius 1 is 0.647 bits per heavy atom. The van der Waals surface area contributed by atoms with Crippen molar-refractivity contribution in [3.63, 3.8) is 0 Å². The van der Waals surface area contributed by atoms with Gasteiger partial charge in [-0.05, 0) is 61.4 Å². The van der Waals surface area contributed by atoms with Crippen molar-refractivity contribution < 1.29 is 14.3 Å². The number of carbonyl (C=O) groups is 2. The molecule has 0 aliphatic heterocycles. The van der Waals surface area contributed by atoms with Crippen LogP contribution < -0.4 is 21.2 Å². The molecule has 4 nitrogen and oxygen atoms in total. The lowest BCUT2D eigenvalue weighted by Gasteiger charge is -2.24. The molecule has 170 valence electrons. The number of nitrogens with one attached hydrogen (secondary N) is 1. The van der Waals surface area contributed by atoms with Gasteiger partial charge in [0.05, 0.1) is 0 Å². The summed E-state index contributed by atoms with van der Waals surface area (Å²) in [5.41, 5.74) is 2.27. The van der Waals surface area contributed by atoms with Gasteiger partial charge in [0.1, 0.15) is 15.9 Å². The van der Waals surface area contributed by atoms with Crippen molar-refractivity contribution in [3.05, 3.63) is 120 Å². The lowest BCUT2D eigenvalue weighted by molar-refractivity contribution is -0.118. The molecule has 0 fully saturated rings. The van der Waals surface area contributed by atoms with Crippen LogP contribution in [0, 0.1) is 13.8 Å². The first-order valence-electron chi connectivity index (χ1n) is 11.1. The number of hydrogen-bond acceptors (Lipinski definition) is 3. The van der Waals surface area contributed by atoms with Crippen LogP contribution in [0.1, 0.15) is 11.1 Å². The minimum atomic E-state index is -2.84. The van der Waals surface area contributed by atoms with Gasteiger partial charge < -0.3 is 10.1 Å². The van der Waals surface area contributed by atoms with Crippen LogP contribution in [-0.4, -0.2) is 18.2 Å². The second-order valence-electron chi connectivity index (χ2n) is 8.05. The molecular weight excluding hydrogens is 441 g/mol. The highest BCUT2D eigenvalue weighted by atomic mass is 31.2. The van der Waals surface area contributed by atoms with Crippen molar-refractivity contribution in [1.82, 2.24) is 0 Å². The summed E-state index contributed by atoms with van der Waals surface area (Å²) in [7, 11) is -2.84. The summed E-state index contributed by atoms with van der Waals surface area (Å²) in [5.74, 6) is -0.363. The molecule has 0 radical (unpaired) electrons. The van der Waals surface area contributed by atoms with E-state index in [-0.39, 0.29) is 12.5 Å². The van der Waals surface area contributed by atoms with E-state index < -0.39 is 13.0 Å². The molecule has 34 heavy (non-hydrogen) atoms. The predicted octanol–water partition coefficient (Wildman–Crippen LogP) is 5.37. The first kappa shape index (κ1) is 23.4. The number of aryl methyl sites for hydroxylation is 2. The van der Waals surface area contributed by atoms with Crippen LogP contribution in [0.15, 0.2) is 109 Å². The lowest BCUT2D eigenvalue weighted by atomic mass is 10.1. The smallest absolute Gasteiger partial charge is 0.425 e. The minimum absolute atomic E-state index is 0.360. The van der Waals surface area contributed by atoms with Crippen LogP contribution in [0.5, 0.6) is 0 Å². The molecule has 0 aliphatic carbocycles. The second-order valence-corrected chi connectivity index (χ2v) is 11.3. The molecule has 4 aromatic carbocycles. The van der Waals surface area contributed by atoms with Crippen molar-refractivity contribution in [2.45, 2.75) is 13.8 Å². The topological polar surface area (TPSA) is 55.4 Å². The summed E-state index contributed by atoms with van der Waals surface area (Å²) in [6.07, 6.45) is 0. The number of carbonyl (C=O) groups excluding carboxylic acids is 2. The molecule has 0 unspecified atom stereocenters. The van der Waals surface area contributed by atoms with Crippen LogP contribution in [-0.2, 0) is 9.53 Å². The molecular formula is C29H27NO3P+. The van der Waals surface area contributed by atoms with E-state index in [2.05, 4.69) is 5.32 Å². The number of ether oxygens (including phenoxy) is 1. The van der Waals surface area contributed by atoms with Gasteiger partial charge in [-0.1, -0.05) is 72.8 Å². The summed E-state index contributed by atoms with van der Waals surface area (Å²) >= 11 is 0. The quantitative estimate of drug-likeness (QED) is 0.371. The molecule has 0 aromatic heterocycles. The molecule has 0 heterocycles. The first-order valence-corrected chi connectivity index (χ1v) is 12.9. The number of hydrogen-bond donors (Lipinski definition) is 1. The van der Waals surface area contributed by atoms with Crippen molar-refractivity contribution in [3.8, 4) is 0 Å². The Morgan fingerprint density at radius 2 is 1.06 bits per heavy atom. The third-order valence-electron chi connectivity index (χ3n) is 5.78. The minimum Gasteiger partial charge on any atom is -0.425 e. The van der Waals surface area contributed by atoms with Crippen LogP contribution in [0.2, 0.25) is 0 Å². The summed E-state index contributed by atoms with van der Waals surface area (Å²) < 4.78 is 5.78. The normalized spacial score (nSPS) is 11.0. The first-order chi connectivity index (χ1) is 16.5. The number of amides is 1. The maximum absolute atomic E-state index is 14.0. The van der Waals surface area contributed by atoms with Gasteiger partial charge >= 0.3 is 5.71 Å². The SMILES string of the molecule is Cc1cccc(C)c1NC(=O)COC(=O)[P+](c1ccccc1)(c1ccccc1)c1ccccc1. The van der Waals surface area contributed by atoms with Gasteiger partial charge in [0, 0.05) is 5.69 Å². The van der Waals surface area contributed by atoms with Crippen LogP contribution in [0.4, 0.5) is 10.5 Å². The van der Waals surface area contributed by atoms with Gasteiger partial charge in [-0.2, -0.15) is 0 Å². The zero-order chi connectivity index (χ0) is 24.0. The van der Waals surface area contributed by atoms with Crippen LogP contribution in [0.25, 0.3) is 0 Å². The molecule has 0 spiro atoms. The van der Waals surface area contributed by atoms with Crippen molar-refractivity contribution in [2.24, 2.45) is 0 Å². The second kappa shape index (κ2) is 10.5. The highest BCUT2D eigenvalue weighted by molar-refractivity contribution is 8.07. The van der Waals surface area contributed by atoms with Gasteiger partial charge in [0.25, 0.3) is 5.91 Å². The number of rotatable bonds is 7. The van der Waals surface area contributed by atoms with Crippen LogP contribution in [0.3, 0.4) is 0 Å². The molecule has 5 heteroatoms. The summed E-state index contributed by atoms with van der Waals surface area (Å²) in [6.45, 7) is 3.51. The molecule has 4 aromatic rings. The molecule has 1 N–H and O–H groups in total. The highest BCUT2D eigenvalue weighted by Crippen LogP contribution is 2.56. The number of para-hydroxylation sites is 1. The molecule has 0 atom stereocenters. The van der Waals surface area contributed by atoms with Gasteiger partial charge in [0.2, 0.25) is 7.26 Å². The average molecular weight is 469 g/mol. The van der Waals surface area contributed by atoms with Crippen molar-refractivity contribution in [2.75, 3.05) is 11.9 Å². The standard InChI is InChI=1S/C29H26NO3P/c1-22-13-12-14-23(2)28(22)30-27(31)21-33-29(32)34(24-15-6-3-7-16-24,25-17-8-4-9-18-25)26-19-10-5-11-20-26/h3-20H,21H2,1-2H3/p+1. The molecule has 1 amide bonds. The van der Waals surface area contributed by atoms with E-state index in [0.29, 0.717) is 0 Å². The maximum Gasteiger partial charge on any atom is 0.467 e. The van der Waals surface area contributed by atoms with E-state index in [1.54, 1.807) is 0 Å². The zero-order valence-corrected chi connectivity index (χ0v) is 20.2. The third kappa shape index (κ3) is 4.64. The van der Waals surface area contributed by atoms with E-state index >= 15 is 0 Å². The summed E-state index contributed by atoms with van der Waals surface area (Å²) in [4.78, 5) is 26.8. The van der Waals surface area contributed by atoms with E-state index in [1.807, 2.05) is 123 Å². The molecule has 0 bridgehead atoms. The summed E-state index contributed by atoms with van der Waals surface area (Å²) in [6, 6.07) is 34.9. The molecule has 0 aliphatic rings. The summed E-state index contributed by atoms with van der Waals surface area (Å²) in [5, 5.41) is 5.55. The van der Waals surface area contributed by atoms with Gasteiger partial charge in [-0.3, -0.25) is 4.79 Å². The highest BCUT2D eigenvalue weighted by Gasteiger charge is 2.55. The Hall–Kier alpha value is -3.75. The van der Waals surface area contributed by atoms with Gasteiger partial charge in [-0.15, -0.1) is 0 Å². The van der Waals surface area contributed by atoms with E-state index in [1.165, 1.54) is 0 Å². The monoisotopic (exact) mass is 468 g/mol. The van der Waals surface area contributed by atoms with E-state index in [4.69, 9.17) is 4.74 Å². The Balaban J connectivity index is 1.71. The van der Waals surface area contributed by atoms with Crippen LogP contribution >= 0.6 is 7.26 Å². The average Bonchev–Trinajstić information content (AvgIpc) is 2.87. The van der Waals surface area contributed by atoms with Crippen molar-refractivity contribution in [1.29, 1.82) is 0 Å². The maximum atomic E-state index is 14.0.